The molecule has 2 aromatic carbocycles. The monoisotopic (exact) mass is 964 g/mol. The van der Waals surface area contributed by atoms with Gasteiger partial charge in [-0.1, -0.05) is 19.1 Å². The van der Waals surface area contributed by atoms with Crippen molar-refractivity contribution in [2.24, 2.45) is 21.6 Å². The average molecular weight is 965 g/mol. The Bertz CT molecular complexity index is 2910. The number of rotatable bonds is 12. The van der Waals surface area contributed by atoms with Gasteiger partial charge in [0.15, 0.2) is 0 Å². The van der Waals surface area contributed by atoms with E-state index in [1.807, 2.05) is 50.5 Å². The molecule has 4 amide bonds. The number of dihydropyridines is 1. The van der Waals surface area contributed by atoms with Gasteiger partial charge in [-0.15, -0.1) is 0 Å². The van der Waals surface area contributed by atoms with Crippen LogP contribution in [0.3, 0.4) is 0 Å². The van der Waals surface area contributed by atoms with E-state index in [0.29, 0.717) is 134 Å². The first-order chi connectivity index (χ1) is 33.1. The molecule has 8 rings (SSSR count). The Balaban J connectivity index is 1.10. The molecule has 1 fully saturated rings. The number of nitrogens with zero attached hydrogens (tertiary/aromatic N) is 8. The van der Waals surface area contributed by atoms with Gasteiger partial charge in [-0.25, -0.2) is 18.4 Å². The van der Waals surface area contributed by atoms with Crippen LogP contribution < -0.4 is 31.2 Å². The molecule has 69 heavy (non-hydrogen) atoms. The molecular formula is C48H60N12O8S. The van der Waals surface area contributed by atoms with Crippen molar-refractivity contribution in [1.29, 1.82) is 0 Å². The number of amides is 4. The highest BCUT2D eigenvalue weighted by molar-refractivity contribution is 7.88. The van der Waals surface area contributed by atoms with E-state index >= 15 is 0 Å². The normalized spacial score (nSPS) is 19.4. The van der Waals surface area contributed by atoms with Crippen LogP contribution in [0.5, 0.6) is 11.5 Å². The van der Waals surface area contributed by atoms with Crippen LogP contribution in [0.2, 0.25) is 0 Å². The molecule has 6 heterocycles. The summed E-state index contributed by atoms with van der Waals surface area (Å²) in [6.45, 7) is 12.3. The molecule has 2 unspecified atom stereocenters. The fraction of sp³-hybridized carbons (Fsp3) is 0.458. The number of allylic oxidation sites excluding steroid dienone is 3. The molecule has 5 N–H and O–H groups in total. The number of carbonyl (C=O) groups is 4. The molecule has 2 atom stereocenters. The number of aromatic nitrogens is 4. The molecule has 0 bridgehead atoms. The SMILES string of the molecule is CCC1CN=C(C)C=C1C(=O)NC1=Nc2cc(C(N)=O)cc3c2C1C/C=C/Cn1c(NC(=O)c2cc(C)nn2CC)nc2cc(C(=O)NCCCN4CCN(S(C)(=O)=O)CC4)cc(c21)OCCCO3. The minimum Gasteiger partial charge on any atom is -0.493 e. The fourth-order valence-electron chi connectivity index (χ4n) is 9.14. The van der Waals surface area contributed by atoms with Crippen molar-refractivity contribution in [1.82, 2.24) is 39.2 Å². The second kappa shape index (κ2) is 20.9. The molecule has 2 aromatic heterocycles. The van der Waals surface area contributed by atoms with E-state index in [1.165, 1.54) is 10.6 Å². The third kappa shape index (κ3) is 10.9. The highest BCUT2D eigenvalue weighted by Crippen LogP contribution is 2.44. The van der Waals surface area contributed by atoms with E-state index in [9.17, 15) is 27.6 Å². The van der Waals surface area contributed by atoms with Crippen molar-refractivity contribution in [3.8, 4) is 11.5 Å². The number of benzene rings is 2. The lowest BCUT2D eigenvalue weighted by Crippen LogP contribution is -2.48. The number of nitrogens with two attached hydrogens (primary N) is 1. The number of anilines is 1. The molecule has 4 aromatic rings. The van der Waals surface area contributed by atoms with Crippen molar-refractivity contribution >= 4 is 67.9 Å². The summed E-state index contributed by atoms with van der Waals surface area (Å²) in [5.74, 6) is -0.807. The van der Waals surface area contributed by atoms with Crippen LogP contribution in [0.4, 0.5) is 11.6 Å². The molecule has 4 aliphatic heterocycles. The molecule has 21 heteroatoms. The zero-order valence-electron chi connectivity index (χ0n) is 39.7. The summed E-state index contributed by atoms with van der Waals surface area (Å²) in [6, 6.07) is 8.27. The quantitative estimate of drug-likeness (QED) is 0.116. The van der Waals surface area contributed by atoms with E-state index in [4.69, 9.17) is 25.2 Å². The highest BCUT2D eigenvalue weighted by atomic mass is 32.2. The van der Waals surface area contributed by atoms with Crippen molar-refractivity contribution in [2.45, 2.75) is 72.4 Å². The summed E-state index contributed by atoms with van der Waals surface area (Å²) >= 11 is 0. The zero-order chi connectivity index (χ0) is 49.0. The van der Waals surface area contributed by atoms with E-state index < -0.39 is 27.8 Å². The number of piperazine rings is 1. The number of sulfonamides is 1. The van der Waals surface area contributed by atoms with Gasteiger partial charge in [-0.05, 0) is 83.0 Å². The topological polar surface area (TPSA) is 250 Å². The standard InChI is InChI=1S/C48H60N12O8S/c1-6-31-28-51-29(3)22-35(31)46(63)54-44-34-12-8-9-15-59-42-37(53-48(59)55-47(64)38-23-30(4)56-60(38)7-2)25-33(45(62)50-13-10-14-57-16-18-58(19-17-57)69(5,65)66)27-40(42)68-21-11-20-67-39-26-32(43(49)61)24-36(52-44)41(34)39/h8-9,22-27,31,34H,6-7,10-21,28H2,1-5H3,(H2,49,61)(H,50,62)(H,52,54,63)(H,53,55,64)/b9-8+. The molecule has 4 aliphatic rings. The Morgan fingerprint density at radius 1 is 0.899 bits per heavy atom. The van der Waals surface area contributed by atoms with Gasteiger partial charge >= 0.3 is 0 Å². The van der Waals surface area contributed by atoms with Gasteiger partial charge in [0.05, 0.1) is 42.3 Å². The number of nitrogens with one attached hydrogen (secondary N) is 3. The second-order valence-corrected chi connectivity index (χ2v) is 19.6. The number of aryl methyl sites for hydroxylation is 2. The van der Waals surface area contributed by atoms with Crippen LogP contribution in [0, 0.1) is 12.8 Å². The van der Waals surface area contributed by atoms with Gasteiger partial charge < -0.3 is 35.3 Å². The molecule has 366 valence electrons. The first-order valence-corrected chi connectivity index (χ1v) is 25.3. The molecular weight excluding hydrogens is 905 g/mol. The number of ether oxygens (including phenoxy) is 2. The Hall–Kier alpha value is -6.71. The summed E-state index contributed by atoms with van der Waals surface area (Å²) in [5, 5.41) is 13.6. The number of primary amides is 1. The van der Waals surface area contributed by atoms with Gasteiger partial charge in [0.25, 0.3) is 17.7 Å². The lowest BCUT2D eigenvalue weighted by molar-refractivity contribution is -0.116. The van der Waals surface area contributed by atoms with Crippen LogP contribution in [-0.2, 0) is 27.9 Å². The molecule has 20 nitrogen and oxygen atoms in total. The Labute approximate surface area is 401 Å². The maximum Gasteiger partial charge on any atom is 0.276 e. The largest absolute Gasteiger partial charge is 0.493 e. The van der Waals surface area contributed by atoms with Crippen LogP contribution in [0.15, 0.2) is 64.1 Å². The van der Waals surface area contributed by atoms with Gasteiger partial charge in [-0.2, -0.15) is 9.40 Å². The average Bonchev–Trinajstić information content (AvgIpc) is 3.99. The van der Waals surface area contributed by atoms with Gasteiger partial charge in [0.2, 0.25) is 21.9 Å². The number of hydrogen-bond acceptors (Lipinski definition) is 13. The third-order valence-corrected chi connectivity index (χ3v) is 14.1. The summed E-state index contributed by atoms with van der Waals surface area (Å²) in [4.78, 5) is 70.8. The zero-order valence-corrected chi connectivity index (χ0v) is 40.5. The van der Waals surface area contributed by atoms with Gasteiger partial charge in [0.1, 0.15) is 28.5 Å². The van der Waals surface area contributed by atoms with Crippen molar-refractivity contribution in [2.75, 3.05) is 70.6 Å². The van der Waals surface area contributed by atoms with E-state index in [0.717, 1.165) is 12.1 Å². The molecule has 0 radical (unpaired) electrons. The number of aliphatic imine (C=N–C) groups is 2. The fourth-order valence-corrected chi connectivity index (χ4v) is 9.97. The lowest BCUT2D eigenvalue weighted by Gasteiger charge is -2.33. The lowest BCUT2D eigenvalue weighted by atomic mass is 9.91. The van der Waals surface area contributed by atoms with Crippen molar-refractivity contribution in [3.05, 3.63) is 82.2 Å². The molecule has 0 aliphatic carbocycles. The summed E-state index contributed by atoms with van der Waals surface area (Å²) < 4.78 is 41.7. The number of hydrogen-bond donors (Lipinski definition) is 4. The van der Waals surface area contributed by atoms with Crippen LogP contribution in [-0.4, -0.2) is 137 Å². The Morgan fingerprint density at radius 2 is 1.65 bits per heavy atom. The van der Waals surface area contributed by atoms with Crippen molar-refractivity contribution in [3.63, 3.8) is 0 Å². The number of amidine groups is 1. The predicted molar refractivity (Wildman–Crippen MR) is 262 cm³/mol. The number of imidazole rings is 1. The summed E-state index contributed by atoms with van der Waals surface area (Å²) in [6.07, 6.45) is 9.05. The Morgan fingerprint density at radius 3 is 2.38 bits per heavy atom. The molecule has 0 spiro atoms. The minimum absolute atomic E-state index is 0.0509. The number of carbonyl (C=O) groups excluding carboxylic acids is 4. The third-order valence-electron chi connectivity index (χ3n) is 12.8. The maximum absolute atomic E-state index is 14.0. The first kappa shape index (κ1) is 48.7. The first-order valence-electron chi connectivity index (χ1n) is 23.5. The summed E-state index contributed by atoms with van der Waals surface area (Å²) in [5.41, 5.74) is 10.9. The van der Waals surface area contributed by atoms with Crippen LogP contribution >= 0.6 is 0 Å². The molecule has 1 saturated heterocycles. The summed E-state index contributed by atoms with van der Waals surface area (Å²) in [7, 11) is -3.23. The Kier molecular flexibility index (Phi) is 14.7. The predicted octanol–water partition coefficient (Wildman–Crippen LogP) is 4.09. The smallest absolute Gasteiger partial charge is 0.276 e. The van der Waals surface area contributed by atoms with Crippen molar-refractivity contribution < 1.29 is 37.1 Å². The second-order valence-electron chi connectivity index (χ2n) is 17.7. The van der Waals surface area contributed by atoms with E-state index in [2.05, 4.69) is 30.9 Å². The van der Waals surface area contributed by atoms with Crippen LogP contribution in [0.25, 0.3) is 11.0 Å². The van der Waals surface area contributed by atoms with Gasteiger partial charge in [0, 0.05) is 92.7 Å². The maximum atomic E-state index is 14.0. The van der Waals surface area contributed by atoms with Gasteiger partial charge in [-0.3, -0.25) is 34.2 Å². The van der Waals surface area contributed by atoms with E-state index in [-0.39, 0.29) is 49.0 Å². The highest BCUT2D eigenvalue weighted by Gasteiger charge is 2.34. The molecule has 0 saturated carbocycles. The van der Waals surface area contributed by atoms with E-state index in [1.54, 1.807) is 35.0 Å². The van der Waals surface area contributed by atoms with Crippen LogP contribution in [0.1, 0.15) is 94.8 Å². The minimum atomic E-state index is -3.23.